The Morgan fingerprint density at radius 1 is 1.19 bits per heavy atom. The number of thiophene rings is 1. The number of carbonyl (C=O) groups excluding carboxylic acids is 1. The lowest BCUT2D eigenvalue weighted by atomic mass is 10.1. The van der Waals surface area contributed by atoms with E-state index < -0.39 is 0 Å². The van der Waals surface area contributed by atoms with Crippen LogP contribution in [0.5, 0.6) is 5.75 Å². The van der Waals surface area contributed by atoms with Gasteiger partial charge >= 0.3 is 0 Å². The second-order valence-electron chi connectivity index (χ2n) is 6.46. The lowest BCUT2D eigenvalue weighted by Crippen LogP contribution is -2.26. The molecule has 26 heavy (non-hydrogen) atoms. The number of rotatable bonds is 6. The average molecular weight is 369 g/mol. The Kier molecular flexibility index (Phi) is 5.47. The van der Waals surface area contributed by atoms with Crippen LogP contribution >= 0.6 is 11.3 Å². The molecular formula is C21H24N2O2S. The van der Waals surface area contributed by atoms with Gasteiger partial charge in [-0.2, -0.15) is 0 Å². The number of hydrogen-bond donors (Lipinski definition) is 0. The maximum Gasteiger partial charge on any atom is 0.255 e. The minimum absolute atomic E-state index is 0.0401. The fourth-order valence-electron chi connectivity index (χ4n) is 3.14. The highest BCUT2D eigenvalue weighted by Crippen LogP contribution is 2.21. The monoisotopic (exact) mass is 368 g/mol. The molecule has 0 atom stereocenters. The van der Waals surface area contributed by atoms with E-state index in [4.69, 9.17) is 4.74 Å². The molecule has 136 valence electrons. The van der Waals surface area contributed by atoms with Crippen LogP contribution in [0.2, 0.25) is 0 Å². The molecule has 1 aromatic carbocycles. The third kappa shape index (κ3) is 3.83. The second kappa shape index (κ2) is 7.79. The third-order valence-corrected chi connectivity index (χ3v) is 5.46. The van der Waals surface area contributed by atoms with Crippen LogP contribution in [0, 0.1) is 13.8 Å². The van der Waals surface area contributed by atoms with Gasteiger partial charge in [-0.1, -0.05) is 18.2 Å². The lowest BCUT2D eigenvalue weighted by Gasteiger charge is -2.18. The molecule has 1 amide bonds. The van der Waals surface area contributed by atoms with Crippen molar-refractivity contribution in [1.82, 2.24) is 9.47 Å². The van der Waals surface area contributed by atoms with Gasteiger partial charge in [0.25, 0.3) is 5.91 Å². The quantitative estimate of drug-likeness (QED) is 0.642. The Labute approximate surface area is 158 Å². The van der Waals surface area contributed by atoms with Crippen molar-refractivity contribution < 1.29 is 9.53 Å². The van der Waals surface area contributed by atoms with E-state index in [0.717, 1.165) is 34.8 Å². The van der Waals surface area contributed by atoms with Gasteiger partial charge in [0.1, 0.15) is 5.75 Å². The van der Waals surface area contributed by atoms with Gasteiger partial charge in [0.2, 0.25) is 0 Å². The number of carbonyl (C=O) groups is 1. The summed E-state index contributed by atoms with van der Waals surface area (Å²) >= 11 is 1.74. The summed E-state index contributed by atoms with van der Waals surface area (Å²) < 4.78 is 7.47. The van der Waals surface area contributed by atoms with Crippen LogP contribution in [0.15, 0.2) is 47.8 Å². The number of ether oxygens (including phenoxy) is 1. The normalized spacial score (nSPS) is 10.8. The summed E-state index contributed by atoms with van der Waals surface area (Å²) in [5.74, 6) is 0.843. The maximum absolute atomic E-state index is 13.0. The van der Waals surface area contributed by atoms with Crippen LogP contribution in [0.25, 0.3) is 0 Å². The summed E-state index contributed by atoms with van der Waals surface area (Å²) in [5, 5.41) is 2.08. The molecule has 0 fully saturated rings. The van der Waals surface area contributed by atoms with Crippen LogP contribution in [0.3, 0.4) is 0 Å². The Balaban J connectivity index is 1.78. The SMILES string of the molecule is COc1cccc(CN(C)C(=O)c2cc(C)n(Cc3cccs3)c2C)c1. The summed E-state index contributed by atoms with van der Waals surface area (Å²) in [6.07, 6.45) is 0. The molecule has 0 aliphatic carbocycles. The molecule has 3 rings (SSSR count). The highest BCUT2D eigenvalue weighted by Gasteiger charge is 2.19. The van der Waals surface area contributed by atoms with E-state index in [9.17, 15) is 4.79 Å². The minimum atomic E-state index is 0.0401. The van der Waals surface area contributed by atoms with Gasteiger partial charge in [-0.25, -0.2) is 0 Å². The summed E-state index contributed by atoms with van der Waals surface area (Å²) in [4.78, 5) is 16.0. The number of methoxy groups -OCH3 is 1. The van der Waals surface area contributed by atoms with E-state index >= 15 is 0 Å². The first-order valence-electron chi connectivity index (χ1n) is 8.57. The van der Waals surface area contributed by atoms with E-state index in [1.54, 1.807) is 23.3 Å². The van der Waals surface area contributed by atoms with Gasteiger partial charge in [0.15, 0.2) is 0 Å². The zero-order valence-corrected chi connectivity index (χ0v) is 16.5. The Hall–Kier alpha value is -2.53. The van der Waals surface area contributed by atoms with Crippen molar-refractivity contribution in [3.8, 4) is 5.75 Å². The first-order chi connectivity index (χ1) is 12.5. The van der Waals surface area contributed by atoms with E-state index in [1.807, 2.05) is 44.3 Å². The Bertz CT molecular complexity index is 897. The number of benzene rings is 1. The topological polar surface area (TPSA) is 34.5 Å². The number of aromatic nitrogens is 1. The average Bonchev–Trinajstić information content (AvgIpc) is 3.25. The van der Waals surface area contributed by atoms with Crippen LogP contribution < -0.4 is 4.74 Å². The summed E-state index contributed by atoms with van der Waals surface area (Å²) in [6.45, 7) is 5.43. The number of hydrogen-bond acceptors (Lipinski definition) is 3. The predicted molar refractivity (Wildman–Crippen MR) is 106 cm³/mol. The van der Waals surface area contributed by atoms with Crippen molar-refractivity contribution in [3.63, 3.8) is 0 Å². The van der Waals surface area contributed by atoms with Crippen molar-refractivity contribution in [3.05, 3.63) is 75.2 Å². The zero-order chi connectivity index (χ0) is 18.7. The second-order valence-corrected chi connectivity index (χ2v) is 7.50. The molecule has 4 nitrogen and oxygen atoms in total. The largest absolute Gasteiger partial charge is 0.497 e. The third-order valence-electron chi connectivity index (χ3n) is 4.60. The van der Waals surface area contributed by atoms with Crippen molar-refractivity contribution in [2.24, 2.45) is 0 Å². The molecule has 5 heteroatoms. The van der Waals surface area contributed by atoms with Crippen molar-refractivity contribution in [2.75, 3.05) is 14.2 Å². The van der Waals surface area contributed by atoms with Crippen molar-refractivity contribution in [1.29, 1.82) is 0 Å². The molecule has 0 aliphatic rings. The van der Waals surface area contributed by atoms with Gasteiger partial charge in [0.05, 0.1) is 19.2 Å². The number of nitrogens with zero attached hydrogens (tertiary/aromatic N) is 2. The Morgan fingerprint density at radius 3 is 2.69 bits per heavy atom. The molecule has 0 unspecified atom stereocenters. The first kappa shape index (κ1) is 18.3. The van der Waals surface area contributed by atoms with Gasteiger partial charge < -0.3 is 14.2 Å². The van der Waals surface area contributed by atoms with Gasteiger partial charge in [-0.3, -0.25) is 4.79 Å². The fourth-order valence-corrected chi connectivity index (χ4v) is 3.83. The summed E-state index contributed by atoms with van der Waals surface area (Å²) in [7, 11) is 3.49. The van der Waals surface area contributed by atoms with Crippen LogP contribution in [0.1, 0.15) is 32.2 Å². The molecule has 0 saturated carbocycles. The maximum atomic E-state index is 13.0. The van der Waals surface area contributed by atoms with E-state index in [0.29, 0.717) is 6.54 Å². The molecule has 0 spiro atoms. The molecule has 2 heterocycles. The fraction of sp³-hybridized carbons (Fsp3) is 0.286. The van der Waals surface area contributed by atoms with Crippen LogP contribution in [-0.4, -0.2) is 29.5 Å². The minimum Gasteiger partial charge on any atom is -0.497 e. The van der Waals surface area contributed by atoms with Crippen molar-refractivity contribution >= 4 is 17.2 Å². The van der Waals surface area contributed by atoms with E-state index in [2.05, 4.69) is 29.0 Å². The highest BCUT2D eigenvalue weighted by molar-refractivity contribution is 7.09. The predicted octanol–water partition coefficient (Wildman–Crippen LogP) is 4.50. The summed E-state index contributed by atoms with van der Waals surface area (Å²) in [5.41, 5.74) is 3.93. The smallest absolute Gasteiger partial charge is 0.255 e. The molecular weight excluding hydrogens is 344 g/mol. The Morgan fingerprint density at radius 2 is 2.00 bits per heavy atom. The summed E-state index contributed by atoms with van der Waals surface area (Å²) in [6, 6.07) is 14.0. The molecule has 0 radical (unpaired) electrons. The van der Waals surface area contributed by atoms with Gasteiger partial charge in [0, 0.05) is 29.9 Å². The molecule has 0 N–H and O–H groups in total. The first-order valence-corrected chi connectivity index (χ1v) is 9.45. The molecule has 2 aromatic heterocycles. The lowest BCUT2D eigenvalue weighted by molar-refractivity contribution is 0.0784. The van der Waals surface area contributed by atoms with Crippen molar-refractivity contribution in [2.45, 2.75) is 26.9 Å². The van der Waals surface area contributed by atoms with Crippen LogP contribution in [0.4, 0.5) is 0 Å². The molecule has 0 saturated heterocycles. The zero-order valence-electron chi connectivity index (χ0n) is 15.7. The standard InChI is InChI=1S/C21H24N2O2S/c1-15-11-20(16(2)23(15)14-19-9-6-10-26-19)21(24)22(3)13-17-7-5-8-18(12-17)25-4/h5-12H,13-14H2,1-4H3. The number of amides is 1. The van der Waals surface area contributed by atoms with Gasteiger partial charge in [-0.15, -0.1) is 11.3 Å². The van der Waals surface area contributed by atoms with E-state index in [1.165, 1.54) is 4.88 Å². The number of aryl methyl sites for hydroxylation is 1. The molecule has 0 aliphatic heterocycles. The molecule has 0 bridgehead atoms. The molecule has 3 aromatic rings. The van der Waals surface area contributed by atoms with E-state index in [-0.39, 0.29) is 5.91 Å². The highest BCUT2D eigenvalue weighted by atomic mass is 32.1. The van der Waals surface area contributed by atoms with Crippen LogP contribution in [-0.2, 0) is 13.1 Å². The van der Waals surface area contributed by atoms with Gasteiger partial charge in [-0.05, 0) is 49.1 Å².